The van der Waals surface area contributed by atoms with Gasteiger partial charge in [-0.05, 0) is 6.92 Å². The van der Waals surface area contributed by atoms with Gasteiger partial charge in [-0.2, -0.15) is 0 Å². The highest BCUT2D eigenvalue weighted by molar-refractivity contribution is 8.13. The van der Waals surface area contributed by atoms with Crippen molar-refractivity contribution in [3.05, 3.63) is 16.1 Å². The van der Waals surface area contributed by atoms with Crippen LogP contribution in [-0.4, -0.2) is 21.0 Å². The van der Waals surface area contributed by atoms with Gasteiger partial charge in [0, 0.05) is 16.1 Å². The summed E-state index contributed by atoms with van der Waals surface area (Å²) in [5.41, 5.74) is 0. The molecule has 0 saturated heterocycles. The molecule has 0 atom stereocenters. The van der Waals surface area contributed by atoms with Crippen molar-refractivity contribution in [2.75, 3.05) is 6.61 Å². The zero-order valence-corrected chi connectivity index (χ0v) is 9.88. The van der Waals surface area contributed by atoms with E-state index in [0.29, 0.717) is 11.3 Å². The van der Waals surface area contributed by atoms with Crippen molar-refractivity contribution >= 4 is 37.0 Å². The largest absolute Gasteiger partial charge is 0.462 e. The summed E-state index contributed by atoms with van der Waals surface area (Å²) in [5.74, 6) is -1.94. The van der Waals surface area contributed by atoms with E-state index >= 15 is 0 Å². The van der Waals surface area contributed by atoms with E-state index in [2.05, 4.69) is 4.74 Å². The van der Waals surface area contributed by atoms with Crippen LogP contribution in [0, 0.1) is 5.82 Å². The second kappa shape index (κ2) is 4.46. The minimum Gasteiger partial charge on any atom is -0.462 e. The monoisotopic (exact) mass is 272 g/mol. The van der Waals surface area contributed by atoms with Crippen LogP contribution in [0.25, 0.3) is 0 Å². The summed E-state index contributed by atoms with van der Waals surface area (Å²) in [6.45, 7) is 1.62. The Hall–Kier alpha value is -0.660. The van der Waals surface area contributed by atoms with Crippen LogP contribution in [0.1, 0.15) is 16.6 Å². The predicted molar refractivity (Wildman–Crippen MR) is 53.3 cm³/mol. The molecule has 0 N–H and O–H groups in total. The van der Waals surface area contributed by atoms with Gasteiger partial charge in [0.2, 0.25) is 0 Å². The van der Waals surface area contributed by atoms with E-state index in [-0.39, 0.29) is 11.5 Å². The Morgan fingerprint density at radius 2 is 2.27 bits per heavy atom. The van der Waals surface area contributed by atoms with Gasteiger partial charge in [0.15, 0.2) is 5.82 Å². The first-order valence-corrected chi connectivity index (χ1v) is 6.95. The summed E-state index contributed by atoms with van der Waals surface area (Å²) >= 11 is 0.638. The van der Waals surface area contributed by atoms with Gasteiger partial charge in [-0.25, -0.2) is 17.6 Å². The number of thiophene rings is 1. The first-order valence-electron chi connectivity index (χ1n) is 3.76. The summed E-state index contributed by atoms with van der Waals surface area (Å²) in [7, 11) is 0.708. The van der Waals surface area contributed by atoms with Crippen molar-refractivity contribution in [1.82, 2.24) is 0 Å². The van der Waals surface area contributed by atoms with Crippen molar-refractivity contribution in [3.63, 3.8) is 0 Å². The second-order valence-corrected chi connectivity index (χ2v) is 5.78. The van der Waals surface area contributed by atoms with Crippen LogP contribution >= 0.6 is 22.0 Å². The smallest absolute Gasteiger partial charge is 0.349 e. The van der Waals surface area contributed by atoms with Crippen LogP contribution in [0.2, 0.25) is 0 Å². The molecule has 0 fully saturated rings. The standard InChI is InChI=1S/C7H6ClFO4S2/c1-2-13-7(10)5-6(15(8,11)12)4(9)3-14-5/h3H,2H2,1H3. The normalized spacial score (nSPS) is 11.4. The van der Waals surface area contributed by atoms with Crippen LogP contribution < -0.4 is 0 Å². The minimum absolute atomic E-state index is 0.0696. The van der Waals surface area contributed by atoms with Crippen LogP contribution in [0.4, 0.5) is 4.39 Å². The lowest BCUT2D eigenvalue weighted by Gasteiger charge is -2.00. The van der Waals surface area contributed by atoms with Crippen molar-refractivity contribution in [3.8, 4) is 0 Å². The van der Waals surface area contributed by atoms with Gasteiger partial charge in [-0.1, -0.05) is 0 Å². The van der Waals surface area contributed by atoms with Crippen LogP contribution in [0.5, 0.6) is 0 Å². The third kappa shape index (κ3) is 2.67. The molecule has 15 heavy (non-hydrogen) atoms. The first-order chi connectivity index (χ1) is 6.88. The molecule has 1 heterocycles. The lowest BCUT2D eigenvalue weighted by Crippen LogP contribution is -2.07. The third-order valence-corrected chi connectivity index (χ3v) is 3.82. The average Bonchev–Trinajstić information content (AvgIpc) is 2.46. The minimum atomic E-state index is -4.28. The molecule has 0 unspecified atom stereocenters. The molecule has 0 radical (unpaired) electrons. The summed E-state index contributed by atoms with van der Waals surface area (Å²) < 4.78 is 39.5. The maximum absolute atomic E-state index is 13.0. The predicted octanol–water partition coefficient (Wildman–Crippen LogP) is 1.99. The number of ether oxygens (including phenoxy) is 1. The Morgan fingerprint density at radius 1 is 1.67 bits per heavy atom. The molecule has 8 heteroatoms. The van der Waals surface area contributed by atoms with Crippen molar-refractivity contribution < 1.29 is 22.3 Å². The van der Waals surface area contributed by atoms with Gasteiger partial charge in [0.25, 0.3) is 9.05 Å². The molecular formula is C7H6ClFO4S2. The molecule has 0 aliphatic rings. The maximum Gasteiger partial charge on any atom is 0.349 e. The fraction of sp³-hybridized carbons (Fsp3) is 0.286. The van der Waals surface area contributed by atoms with Crippen LogP contribution in [0.15, 0.2) is 10.3 Å². The van der Waals surface area contributed by atoms with E-state index in [1.165, 1.54) is 0 Å². The van der Waals surface area contributed by atoms with Crippen LogP contribution in [0.3, 0.4) is 0 Å². The number of halogens is 2. The number of rotatable bonds is 3. The van der Waals surface area contributed by atoms with Gasteiger partial charge in [0.1, 0.15) is 9.77 Å². The number of hydrogen-bond donors (Lipinski definition) is 0. The summed E-state index contributed by atoms with van der Waals surface area (Å²) in [5, 5.41) is 0.890. The Kier molecular flexibility index (Phi) is 3.69. The third-order valence-electron chi connectivity index (χ3n) is 1.41. The maximum atomic E-state index is 13.0. The van der Waals surface area contributed by atoms with Crippen molar-refractivity contribution in [1.29, 1.82) is 0 Å². The van der Waals surface area contributed by atoms with Gasteiger partial charge < -0.3 is 4.74 Å². The van der Waals surface area contributed by atoms with E-state index in [9.17, 15) is 17.6 Å². The number of esters is 1. The van der Waals surface area contributed by atoms with E-state index in [0.717, 1.165) is 5.38 Å². The quantitative estimate of drug-likeness (QED) is 0.624. The number of hydrogen-bond acceptors (Lipinski definition) is 5. The van der Waals surface area contributed by atoms with Crippen molar-refractivity contribution in [2.45, 2.75) is 11.8 Å². The van der Waals surface area contributed by atoms with Gasteiger partial charge in [-0.15, -0.1) is 11.3 Å². The molecule has 4 nitrogen and oxygen atoms in total. The topological polar surface area (TPSA) is 60.4 Å². The molecule has 0 amide bonds. The SMILES string of the molecule is CCOC(=O)c1scc(F)c1S(=O)(=O)Cl. The summed E-state index contributed by atoms with van der Waals surface area (Å²) in [4.78, 5) is 10.1. The zero-order valence-electron chi connectivity index (χ0n) is 7.49. The molecule has 0 aromatic carbocycles. The number of carbonyl (C=O) groups is 1. The summed E-state index contributed by atoms with van der Waals surface area (Å²) in [6, 6.07) is 0. The van der Waals surface area contributed by atoms with Gasteiger partial charge >= 0.3 is 5.97 Å². The molecule has 1 rings (SSSR count). The lowest BCUT2D eigenvalue weighted by molar-refractivity contribution is 0.0527. The van der Waals surface area contributed by atoms with E-state index < -0.39 is 25.7 Å². The highest BCUT2D eigenvalue weighted by Crippen LogP contribution is 2.29. The molecule has 1 aromatic rings. The molecule has 1 aromatic heterocycles. The number of carbonyl (C=O) groups excluding carboxylic acids is 1. The fourth-order valence-electron chi connectivity index (χ4n) is 0.891. The Morgan fingerprint density at radius 3 is 2.73 bits per heavy atom. The average molecular weight is 273 g/mol. The summed E-state index contributed by atoms with van der Waals surface area (Å²) in [6.07, 6.45) is 0. The van der Waals surface area contributed by atoms with Crippen LogP contribution in [-0.2, 0) is 13.8 Å². The highest BCUT2D eigenvalue weighted by Gasteiger charge is 2.28. The van der Waals surface area contributed by atoms with Crippen molar-refractivity contribution in [2.24, 2.45) is 0 Å². The molecular weight excluding hydrogens is 267 g/mol. The van der Waals surface area contributed by atoms with E-state index in [1.54, 1.807) is 6.92 Å². The highest BCUT2D eigenvalue weighted by atomic mass is 35.7. The van der Waals surface area contributed by atoms with Gasteiger partial charge in [-0.3, -0.25) is 0 Å². The molecule has 84 valence electrons. The zero-order chi connectivity index (χ0) is 11.6. The molecule has 0 aliphatic heterocycles. The van der Waals surface area contributed by atoms with Gasteiger partial charge in [0.05, 0.1) is 6.61 Å². The fourth-order valence-corrected chi connectivity index (χ4v) is 3.32. The second-order valence-electron chi connectivity index (χ2n) is 2.40. The van der Waals surface area contributed by atoms with E-state index in [4.69, 9.17) is 10.7 Å². The molecule has 0 spiro atoms. The molecule has 0 bridgehead atoms. The Balaban J connectivity index is 3.27. The first kappa shape index (κ1) is 12.4. The molecule has 0 saturated carbocycles. The lowest BCUT2D eigenvalue weighted by atomic mass is 10.4. The molecule has 0 aliphatic carbocycles. The Bertz CT molecular complexity index is 479. The Labute approximate surface area is 94.0 Å². The van der Waals surface area contributed by atoms with E-state index in [1.807, 2.05) is 0 Å².